The number of amides is 2. The zero-order chi connectivity index (χ0) is 19.1. The van der Waals surface area contributed by atoms with E-state index in [-0.39, 0.29) is 24.8 Å². The van der Waals surface area contributed by atoms with Crippen LogP contribution in [0.5, 0.6) is 0 Å². The van der Waals surface area contributed by atoms with Gasteiger partial charge in [0.25, 0.3) is 5.91 Å². The maximum absolute atomic E-state index is 12.8. The van der Waals surface area contributed by atoms with Gasteiger partial charge in [0.05, 0.1) is 25.3 Å². The highest BCUT2D eigenvalue weighted by Crippen LogP contribution is 2.15. The van der Waals surface area contributed by atoms with E-state index in [1.807, 2.05) is 35.2 Å². The summed E-state index contributed by atoms with van der Waals surface area (Å²) in [6, 6.07) is 14.8. The van der Waals surface area contributed by atoms with Crippen molar-refractivity contribution in [3.63, 3.8) is 0 Å². The monoisotopic (exact) mass is 366 g/mol. The molecule has 0 saturated carbocycles. The number of hydrogen-bond acceptors (Lipinski definition) is 5. The summed E-state index contributed by atoms with van der Waals surface area (Å²) in [5.74, 6) is 0.180. The van der Waals surface area contributed by atoms with Crippen LogP contribution >= 0.6 is 0 Å². The van der Waals surface area contributed by atoms with Crippen LogP contribution in [0.15, 0.2) is 53.1 Å². The summed E-state index contributed by atoms with van der Waals surface area (Å²) < 4.78 is 5.17. The minimum Gasteiger partial charge on any atom is -0.459 e. The SMILES string of the molecule is N#CCCN(C(=O)CN1CCN(C(=O)c2ccco2)CC1)c1ccccc1. The van der Waals surface area contributed by atoms with Gasteiger partial charge in [0.1, 0.15) is 0 Å². The summed E-state index contributed by atoms with van der Waals surface area (Å²) in [6.45, 7) is 2.99. The molecule has 0 aliphatic carbocycles. The number of benzene rings is 1. The van der Waals surface area contributed by atoms with Gasteiger partial charge in [-0.05, 0) is 24.3 Å². The van der Waals surface area contributed by atoms with Gasteiger partial charge >= 0.3 is 0 Å². The van der Waals surface area contributed by atoms with Crippen molar-refractivity contribution < 1.29 is 14.0 Å². The van der Waals surface area contributed by atoms with Crippen molar-refractivity contribution in [2.45, 2.75) is 6.42 Å². The Morgan fingerprint density at radius 1 is 1.07 bits per heavy atom. The second-order valence-corrected chi connectivity index (χ2v) is 6.33. The van der Waals surface area contributed by atoms with Gasteiger partial charge in [-0.1, -0.05) is 18.2 Å². The molecule has 1 aromatic carbocycles. The summed E-state index contributed by atoms with van der Waals surface area (Å²) in [7, 11) is 0. The van der Waals surface area contributed by atoms with Gasteiger partial charge in [-0.25, -0.2) is 0 Å². The topological polar surface area (TPSA) is 80.8 Å². The molecule has 2 aromatic rings. The van der Waals surface area contributed by atoms with Crippen LogP contribution in [0.25, 0.3) is 0 Å². The predicted octanol–water partition coefficient (Wildman–Crippen LogP) is 1.98. The van der Waals surface area contributed by atoms with Crippen molar-refractivity contribution in [2.24, 2.45) is 0 Å². The van der Waals surface area contributed by atoms with E-state index in [1.54, 1.807) is 21.9 Å². The Morgan fingerprint density at radius 2 is 1.81 bits per heavy atom. The molecule has 1 aromatic heterocycles. The van der Waals surface area contributed by atoms with Crippen LogP contribution in [0.4, 0.5) is 5.69 Å². The molecule has 0 bridgehead atoms. The molecule has 0 radical (unpaired) electrons. The molecule has 7 heteroatoms. The molecule has 0 N–H and O–H groups in total. The van der Waals surface area contributed by atoms with Crippen molar-refractivity contribution in [1.29, 1.82) is 5.26 Å². The molecule has 2 amide bonds. The number of rotatable bonds is 6. The fourth-order valence-corrected chi connectivity index (χ4v) is 3.11. The molecule has 0 spiro atoms. The fourth-order valence-electron chi connectivity index (χ4n) is 3.11. The van der Waals surface area contributed by atoms with Gasteiger partial charge in [-0.2, -0.15) is 5.26 Å². The third-order valence-corrected chi connectivity index (χ3v) is 4.57. The van der Waals surface area contributed by atoms with Crippen LogP contribution in [0.1, 0.15) is 17.0 Å². The molecule has 27 heavy (non-hydrogen) atoms. The lowest BCUT2D eigenvalue weighted by molar-refractivity contribution is -0.120. The molecule has 0 atom stereocenters. The first-order chi connectivity index (χ1) is 13.2. The second-order valence-electron chi connectivity index (χ2n) is 6.33. The summed E-state index contributed by atoms with van der Waals surface area (Å²) in [5.41, 5.74) is 0.796. The van der Waals surface area contributed by atoms with Crippen molar-refractivity contribution in [3.05, 3.63) is 54.5 Å². The summed E-state index contributed by atoms with van der Waals surface area (Å²) in [6.07, 6.45) is 1.77. The highest BCUT2D eigenvalue weighted by atomic mass is 16.3. The Hall–Kier alpha value is -3.11. The fraction of sp³-hybridized carbons (Fsp3) is 0.350. The molecule has 3 rings (SSSR count). The Bertz CT molecular complexity index is 790. The van der Waals surface area contributed by atoms with Crippen LogP contribution < -0.4 is 4.90 Å². The average molecular weight is 366 g/mol. The Labute approximate surface area is 158 Å². The summed E-state index contributed by atoms with van der Waals surface area (Å²) >= 11 is 0. The summed E-state index contributed by atoms with van der Waals surface area (Å²) in [4.78, 5) is 30.5. The van der Waals surface area contributed by atoms with Crippen LogP contribution in [0, 0.1) is 11.3 Å². The third-order valence-electron chi connectivity index (χ3n) is 4.57. The Kier molecular flexibility index (Phi) is 6.23. The van der Waals surface area contributed by atoms with E-state index in [1.165, 1.54) is 6.26 Å². The molecular formula is C20H22N4O3. The zero-order valence-corrected chi connectivity index (χ0v) is 15.1. The van der Waals surface area contributed by atoms with Gasteiger partial charge in [0.2, 0.25) is 5.91 Å². The van der Waals surface area contributed by atoms with E-state index in [2.05, 4.69) is 6.07 Å². The van der Waals surface area contributed by atoms with E-state index in [0.717, 1.165) is 5.69 Å². The first kappa shape index (κ1) is 18.7. The van der Waals surface area contributed by atoms with Crippen molar-refractivity contribution in [2.75, 3.05) is 44.2 Å². The number of anilines is 1. The minimum atomic E-state index is -0.120. The predicted molar refractivity (Wildman–Crippen MR) is 100 cm³/mol. The average Bonchev–Trinajstić information content (AvgIpc) is 3.24. The Morgan fingerprint density at radius 3 is 2.44 bits per heavy atom. The number of furan rings is 1. The molecule has 7 nitrogen and oxygen atoms in total. The van der Waals surface area contributed by atoms with Gasteiger partial charge in [-0.3, -0.25) is 14.5 Å². The highest BCUT2D eigenvalue weighted by molar-refractivity contribution is 5.95. The number of nitriles is 1. The molecule has 1 aliphatic heterocycles. The van der Waals surface area contributed by atoms with E-state index >= 15 is 0 Å². The lowest BCUT2D eigenvalue weighted by Crippen LogP contribution is -2.51. The van der Waals surface area contributed by atoms with E-state index in [0.29, 0.717) is 38.5 Å². The molecule has 140 valence electrons. The van der Waals surface area contributed by atoms with Crippen LogP contribution in [-0.4, -0.2) is 60.9 Å². The van der Waals surface area contributed by atoms with Crippen molar-refractivity contribution in [3.8, 4) is 6.07 Å². The molecule has 1 saturated heterocycles. The molecule has 0 unspecified atom stereocenters. The van der Waals surface area contributed by atoms with Gasteiger partial charge in [0, 0.05) is 38.4 Å². The number of hydrogen-bond donors (Lipinski definition) is 0. The van der Waals surface area contributed by atoms with E-state index in [4.69, 9.17) is 9.68 Å². The normalized spacial score (nSPS) is 14.6. The van der Waals surface area contributed by atoms with Crippen molar-refractivity contribution >= 4 is 17.5 Å². The maximum atomic E-state index is 12.8. The molecule has 2 heterocycles. The number of carbonyl (C=O) groups excluding carboxylic acids is 2. The van der Waals surface area contributed by atoms with Crippen LogP contribution in [0.3, 0.4) is 0 Å². The van der Waals surface area contributed by atoms with Gasteiger partial charge in [0.15, 0.2) is 5.76 Å². The molecular weight excluding hydrogens is 344 g/mol. The van der Waals surface area contributed by atoms with E-state index in [9.17, 15) is 9.59 Å². The smallest absolute Gasteiger partial charge is 0.289 e. The van der Waals surface area contributed by atoms with Crippen LogP contribution in [0.2, 0.25) is 0 Å². The lowest BCUT2D eigenvalue weighted by atomic mass is 10.2. The molecule has 1 aliphatic rings. The standard InChI is InChI=1S/C20H22N4O3/c21-9-5-10-24(17-6-2-1-3-7-17)19(25)16-22-11-13-23(14-12-22)20(26)18-8-4-15-27-18/h1-4,6-8,15H,5,10-14,16H2. The Balaban J connectivity index is 1.56. The third kappa shape index (κ3) is 4.74. The van der Waals surface area contributed by atoms with Crippen LogP contribution in [-0.2, 0) is 4.79 Å². The number of para-hydroxylation sites is 1. The largest absolute Gasteiger partial charge is 0.459 e. The summed E-state index contributed by atoms with van der Waals surface area (Å²) in [5, 5.41) is 8.88. The van der Waals surface area contributed by atoms with Gasteiger partial charge in [-0.15, -0.1) is 0 Å². The molecule has 1 fully saturated rings. The number of nitrogens with zero attached hydrogens (tertiary/aromatic N) is 4. The second kappa shape index (κ2) is 9.01. The van der Waals surface area contributed by atoms with E-state index < -0.39 is 0 Å². The first-order valence-corrected chi connectivity index (χ1v) is 8.96. The lowest BCUT2D eigenvalue weighted by Gasteiger charge is -2.35. The zero-order valence-electron chi connectivity index (χ0n) is 15.1. The van der Waals surface area contributed by atoms with Crippen molar-refractivity contribution in [1.82, 2.24) is 9.80 Å². The minimum absolute atomic E-state index is 0.0396. The number of carbonyl (C=O) groups is 2. The first-order valence-electron chi connectivity index (χ1n) is 8.96. The maximum Gasteiger partial charge on any atom is 0.289 e. The highest BCUT2D eigenvalue weighted by Gasteiger charge is 2.26. The van der Waals surface area contributed by atoms with Gasteiger partial charge < -0.3 is 14.2 Å². The number of piperazine rings is 1. The quantitative estimate of drug-likeness (QED) is 0.781.